The lowest BCUT2D eigenvalue weighted by atomic mass is 9.74. The summed E-state index contributed by atoms with van der Waals surface area (Å²) in [4.78, 5) is 0. The van der Waals surface area contributed by atoms with E-state index in [9.17, 15) is 0 Å². The molecule has 2 N–H and O–H groups in total. The minimum atomic E-state index is 0.349. The van der Waals surface area contributed by atoms with Crippen molar-refractivity contribution < 1.29 is 10.2 Å². The van der Waals surface area contributed by atoms with Gasteiger partial charge in [-0.25, -0.2) is 0 Å². The second-order valence-electron chi connectivity index (χ2n) is 5.24. The van der Waals surface area contributed by atoms with Crippen molar-refractivity contribution in [3.8, 4) is 0 Å². The first-order valence-corrected chi connectivity index (χ1v) is 7.10. The van der Waals surface area contributed by atoms with Crippen molar-refractivity contribution in [3.63, 3.8) is 0 Å². The van der Waals surface area contributed by atoms with Gasteiger partial charge < -0.3 is 10.2 Å². The summed E-state index contributed by atoms with van der Waals surface area (Å²) in [6.07, 6.45) is 12.6. The van der Waals surface area contributed by atoms with E-state index in [1.54, 1.807) is 0 Å². The fourth-order valence-electron chi connectivity index (χ4n) is 3.08. The van der Waals surface area contributed by atoms with Crippen LogP contribution in [0.3, 0.4) is 0 Å². The van der Waals surface area contributed by atoms with E-state index >= 15 is 0 Å². The summed E-state index contributed by atoms with van der Waals surface area (Å²) in [6.45, 7) is 0.698. The molecule has 0 saturated heterocycles. The average Bonchev–Trinajstić information content (AvgIpc) is 2.32. The molecule has 1 fully saturated rings. The zero-order chi connectivity index (χ0) is 11.6. The van der Waals surface area contributed by atoms with Gasteiger partial charge in [0.15, 0.2) is 0 Å². The first-order valence-electron chi connectivity index (χ1n) is 7.10. The van der Waals surface area contributed by atoms with Gasteiger partial charge in [-0.15, -0.1) is 0 Å². The highest BCUT2D eigenvalue weighted by Crippen LogP contribution is 2.36. The van der Waals surface area contributed by atoms with Gasteiger partial charge >= 0.3 is 0 Å². The van der Waals surface area contributed by atoms with Gasteiger partial charge in [-0.1, -0.05) is 51.4 Å². The molecule has 1 rings (SSSR count). The van der Waals surface area contributed by atoms with E-state index in [1.165, 1.54) is 51.4 Å². The zero-order valence-electron chi connectivity index (χ0n) is 10.5. The lowest BCUT2D eigenvalue weighted by molar-refractivity contribution is 0.190. The molecule has 1 aliphatic rings. The molecule has 0 bridgehead atoms. The first-order chi connectivity index (χ1) is 7.88. The van der Waals surface area contributed by atoms with Crippen LogP contribution in [-0.4, -0.2) is 23.4 Å². The molecule has 16 heavy (non-hydrogen) atoms. The Labute approximate surface area is 100 Å². The fourth-order valence-corrected chi connectivity index (χ4v) is 3.08. The van der Waals surface area contributed by atoms with Crippen LogP contribution in [0.5, 0.6) is 0 Å². The van der Waals surface area contributed by atoms with Crippen LogP contribution in [0.25, 0.3) is 0 Å². The van der Waals surface area contributed by atoms with E-state index in [2.05, 4.69) is 0 Å². The molecule has 0 amide bonds. The second-order valence-corrected chi connectivity index (χ2v) is 5.24. The summed E-state index contributed by atoms with van der Waals surface area (Å²) in [7, 11) is 0. The van der Waals surface area contributed by atoms with Gasteiger partial charge in [0.25, 0.3) is 0 Å². The lowest BCUT2D eigenvalue weighted by Crippen LogP contribution is -2.19. The summed E-state index contributed by atoms with van der Waals surface area (Å²) in [6, 6.07) is 0. The van der Waals surface area contributed by atoms with Crippen LogP contribution in [0, 0.1) is 11.8 Å². The maximum atomic E-state index is 8.81. The third-order valence-corrected chi connectivity index (χ3v) is 4.03. The molecule has 0 aromatic heterocycles. The molecule has 0 radical (unpaired) electrons. The van der Waals surface area contributed by atoms with E-state index in [-0.39, 0.29) is 0 Å². The number of unbranched alkanes of at least 4 members (excludes halogenated alkanes) is 2. The Bertz CT molecular complexity index is 141. The Balaban J connectivity index is 2.20. The Hall–Kier alpha value is -0.0800. The zero-order valence-corrected chi connectivity index (χ0v) is 10.5. The Kier molecular flexibility index (Phi) is 7.87. The van der Waals surface area contributed by atoms with Crippen LogP contribution in [0.4, 0.5) is 0 Å². The minimum Gasteiger partial charge on any atom is -0.396 e. The van der Waals surface area contributed by atoms with Crippen molar-refractivity contribution in [1.29, 1.82) is 0 Å². The smallest absolute Gasteiger partial charge is 0.0431 e. The summed E-state index contributed by atoms with van der Waals surface area (Å²) in [5, 5.41) is 17.6. The highest BCUT2D eigenvalue weighted by Gasteiger charge is 2.23. The molecular formula is C14H28O2. The highest BCUT2D eigenvalue weighted by atomic mass is 16.3. The van der Waals surface area contributed by atoms with Gasteiger partial charge in [0.05, 0.1) is 0 Å². The number of aliphatic hydroxyl groups is 2. The number of rotatable bonds is 8. The summed E-state index contributed by atoms with van der Waals surface area (Å²) in [5.74, 6) is 1.80. The van der Waals surface area contributed by atoms with Crippen LogP contribution in [-0.2, 0) is 0 Å². The van der Waals surface area contributed by atoms with Crippen LogP contribution in [0.2, 0.25) is 0 Å². The lowest BCUT2D eigenvalue weighted by Gasteiger charge is -2.31. The van der Waals surface area contributed by atoms with Crippen molar-refractivity contribution in [3.05, 3.63) is 0 Å². The standard InChI is InChI=1S/C14H28O2/c15-11-5-3-9-13-7-1-2-8-14(13)10-4-6-12-16/h13-16H,1-12H2. The van der Waals surface area contributed by atoms with E-state index in [0.29, 0.717) is 13.2 Å². The predicted molar refractivity (Wildman–Crippen MR) is 67.3 cm³/mol. The molecule has 0 aromatic carbocycles. The summed E-state index contributed by atoms with van der Waals surface area (Å²) < 4.78 is 0. The first kappa shape index (κ1) is 14.0. The van der Waals surface area contributed by atoms with E-state index in [0.717, 1.165) is 24.7 Å². The molecule has 0 aliphatic heterocycles. The maximum absolute atomic E-state index is 8.81. The van der Waals surface area contributed by atoms with Gasteiger partial charge in [0.1, 0.15) is 0 Å². The van der Waals surface area contributed by atoms with Crippen molar-refractivity contribution in [1.82, 2.24) is 0 Å². The topological polar surface area (TPSA) is 40.5 Å². The fraction of sp³-hybridized carbons (Fsp3) is 1.00. The summed E-state index contributed by atoms with van der Waals surface area (Å²) >= 11 is 0. The van der Waals surface area contributed by atoms with Crippen LogP contribution >= 0.6 is 0 Å². The largest absolute Gasteiger partial charge is 0.396 e. The maximum Gasteiger partial charge on any atom is 0.0431 e. The van der Waals surface area contributed by atoms with Gasteiger partial charge in [-0.2, -0.15) is 0 Å². The van der Waals surface area contributed by atoms with Gasteiger partial charge in [0.2, 0.25) is 0 Å². The quantitative estimate of drug-likeness (QED) is 0.627. The number of hydrogen-bond donors (Lipinski definition) is 2. The average molecular weight is 228 g/mol. The summed E-state index contributed by atoms with van der Waals surface area (Å²) in [5.41, 5.74) is 0. The van der Waals surface area contributed by atoms with Gasteiger partial charge in [-0.05, 0) is 24.7 Å². The molecule has 0 heterocycles. The molecular weight excluding hydrogens is 200 g/mol. The molecule has 2 heteroatoms. The Morgan fingerprint density at radius 3 is 1.50 bits per heavy atom. The van der Waals surface area contributed by atoms with Crippen molar-refractivity contribution in [2.75, 3.05) is 13.2 Å². The Morgan fingerprint density at radius 1 is 0.688 bits per heavy atom. The Morgan fingerprint density at radius 2 is 1.12 bits per heavy atom. The molecule has 0 aromatic rings. The molecule has 2 unspecified atom stereocenters. The van der Waals surface area contributed by atoms with Gasteiger partial charge in [-0.3, -0.25) is 0 Å². The van der Waals surface area contributed by atoms with E-state index in [1.807, 2.05) is 0 Å². The van der Waals surface area contributed by atoms with Crippen molar-refractivity contribution >= 4 is 0 Å². The van der Waals surface area contributed by atoms with Crippen molar-refractivity contribution in [2.24, 2.45) is 11.8 Å². The predicted octanol–water partition coefficient (Wildman–Crippen LogP) is 3.12. The highest BCUT2D eigenvalue weighted by molar-refractivity contribution is 4.75. The van der Waals surface area contributed by atoms with Crippen LogP contribution in [0.1, 0.15) is 64.2 Å². The van der Waals surface area contributed by atoms with E-state index < -0.39 is 0 Å². The monoisotopic (exact) mass is 228 g/mol. The van der Waals surface area contributed by atoms with Crippen LogP contribution in [0.15, 0.2) is 0 Å². The third-order valence-electron chi connectivity index (χ3n) is 4.03. The molecule has 2 nitrogen and oxygen atoms in total. The van der Waals surface area contributed by atoms with E-state index in [4.69, 9.17) is 10.2 Å². The van der Waals surface area contributed by atoms with Crippen LogP contribution < -0.4 is 0 Å². The van der Waals surface area contributed by atoms with Gasteiger partial charge in [0, 0.05) is 13.2 Å². The molecule has 2 atom stereocenters. The second kappa shape index (κ2) is 9.00. The number of aliphatic hydroxyl groups excluding tert-OH is 2. The molecule has 1 saturated carbocycles. The van der Waals surface area contributed by atoms with Crippen molar-refractivity contribution in [2.45, 2.75) is 64.2 Å². The number of hydrogen-bond acceptors (Lipinski definition) is 2. The normalized spacial score (nSPS) is 25.9. The minimum absolute atomic E-state index is 0.349. The SMILES string of the molecule is OCCCCC1CCCCC1CCCCO. The molecule has 1 aliphatic carbocycles. The molecule has 0 spiro atoms. The third kappa shape index (κ3) is 5.31. The molecule has 96 valence electrons.